The Labute approximate surface area is 118 Å². The van der Waals surface area contributed by atoms with Crippen LogP contribution in [0.1, 0.15) is 35.7 Å². The van der Waals surface area contributed by atoms with Crippen molar-refractivity contribution in [3.63, 3.8) is 0 Å². The topological polar surface area (TPSA) is 65.0 Å². The molecule has 0 bridgehead atoms. The van der Waals surface area contributed by atoms with E-state index in [1.165, 1.54) is 0 Å². The van der Waals surface area contributed by atoms with Gasteiger partial charge in [0.2, 0.25) is 0 Å². The van der Waals surface area contributed by atoms with Gasteiger partial charge in [-0.1, -0.05) is 13.3 Å². The van der Waals surface area contributed by atoms with Gasteiger partial charge in [-0.15, -0.1) is 0 Å². The van der Waals surface area contributed by atoms with Crippen LogP contribution in [-0.4, -0.2) is 37.5 Å². The summed E-state index contributed by atoms with van der Waals surface area (Å²) in [6, 6.07) is 3.39. The highest BCUT2D eigenvalue weighted by Gasteiger charge is 2.30. The minimum atomic E-state index is -0.518. The van der Waals surface area contributed by atoms with E-state index in [0.29, 0.717) is 30.1 Å². The van der Waals surface area contributed by atoms with E-state index in [1.807, 2.05) is 0 Å². The van der Waals surface area contributed by atoms with Crippen molar-refractivity contribution < 1.29 is 24.1 Å². The number of benzene rings is 1. The predicted octanol–water partition coefficient (Wildman–Crippen LogP) is 1.95. The fourth-order valence-electron chi connectivity index (χ4n) is 2.22. The molecule has 1 aromatic carbocycles. The first-order valence-corrected chi connectivity index (χ1v) is 6.85. The molecule has 5 nitrogen and oxygen atoms in total. The average Bonchev–Trinajstić information content (AvgIpc) is 2.47. The standard InChI is InChI=1S/C15H20O5/c1-3-4-7-19-14-12-8-10(9-16)20-15(17)11(12)5-6-13(14)18-2/h5-6,10,16H,3-4,7-9H2,1-2H3/t10-/m0/s1. The first-order valence-electron chi connectivity index (χ1n) is 6.85. The molecule has 0 unspecified atom stereocenters. The van der Waals surface area contributed by atoms with Crippen LogP contribution in [0.5, 0.6) is 11.5 Å². The molecule has 20 heavy (non-hydrogen) atoms. The molecule has 1 aliphatic rings. The third-order valence-electron chi connectivity index (χ3n) is 3.32. The van der Waals surface area contributed by atoms with Gasteiger partial charge < -0.3 is 19.3 Å². The Morgan fingerprint density at radius 3 is 2.90 bits per heavy atom. The lowest BCUT2D eigenvalue weighted by Crippen LogP contribution is -2.30. The molecular formula is C15H20O5. The molecule has 1 aliphatic heterocycles. The lowest BCUT2D eigenvalue weighted by atomic mass is 9.97. The molecule has 0 aliphatic carbocycles. The number of fused-ring (bicyclic) bond motifs is 1. The number of methoxy groups -OCH3 is 1. The minimum Gasteiger partial charge on any atom is -0.493 e. The summed E-state index contributed by atoms with van der Waals surface area (Å²) in [6.07, 6.45) is 1.88. The van der Waals surface area contributed by atoms with Crippen LogP contribution in [0.25, 0.3) is 0 Å². The Kier molecular flexibility index (Phi) is 4.84. The minimum absolute atomic E-state index is 0.198. The number of unbranched alkanes of at least 4 members (excludes halogenated alkanes) is 1. The first kappa shape index (κ1) is 14.7. The van der Waals surface area contributed by atoms with E-state index in [4.69, 9.17) is 14.2 Å². The summed E-state index contributed by atoms with van der Waals surface area (Å²) < 4.78 is 16.2. The molecule has 0 aromatic heterocycles. The molecule has 0 saturated carbocycles. The normalized spacial score (nSPS) is 17.4. The number of aliphatic hydroxyl groups is 1. The van der Waals surface area contributed by atoms with Gasteiger partial charge >= 0.3 is 5.97 Å². The Morgan fingerprint density at radius 1 is 1.45 bits per heavy atom. The number of cyclic esters (lactones) is 1. The highest BCUT2D eigenvalue weighted by atomic mass is 16.6. The molecule has 110 valence electrons. The Bertz CT molecular complexity index is 483. The van der Waals surface area contributed by atoms with Gasteiger partial charge in [0.25, 0.3) is 0 Å². The molecule has 0 fully saturated rings. The summed E-state index contributed by atoms with van der Waals surface area (Å²) in [5.41, 5.74) is 1.25. The van der Waals surface area contributed by atoms with Crippen molar-refractivity contribution >= 4 is 5.97 Å². The summed E-state index contributed by atoms with van der Waals surface area (Å²) in [6.45, 7) is 2.46. The highest BCUT2D eigenvalue weighted by Crippen LogP contribution is 2.37. The van der Waals surface area contributed by atoms with Crippen LogP contribution < -0.4 is 9.47 Å². The smallest absolute Gasteiger partial charge is 0.338 e. The van der Waals surface area contributed by atoms with Gasteiger partial charge in [-0.2, -0.15) is 0 Å². The molecular weight excluding hydrogens is 260 g/mol. The van der Waals surface area contributed by atoms with E-state index in [9.17, 15) is 9.90 Å². The zero-order valence-electron chi connectivity index (χ0n) is 11.8. The summed E-state index contributed by atoms with van der Waals surface area (Å²) in [7, 11) is 1.57. The van der Waals surface area contributed by atoms with Gasteiger partial charge in [-0.25, -0.2) is 4.79 Å². The van der Waals surface area contributed by atoms with Gasteiger partial charge in [0.05, 0.1) is 25.9 Å². The first-order chi connectivity index (χ1) is 9.71. The van der Waals surface area contributed by atoms with E-state index in [0.717, 1.165) is 18.4 Å². The Morgan fingerprint density at radius 2 is 2.25 bits per heavy atom. The molecule has 5 heteroatoms. The lowest BCUT2D eigenvalue weighted by molar-refractivity contribution is 0.00893. The molecule has 0 amide bonds. The molecule has 2 rings (SSSR count). The quantitative estimate of drug-likeness (QED) is 0.637. The summed E-state index contributed by atoms with van der Waals surface area (Å²) in [5.74, 6) is 0.771. The third kappa shape index (κ3) is 2.88. The fraction of sp³-hybridized carbons (Fsp3) is 0.533. The summed E-state index contributed by atoms with van der Waals surface area (Å²) in [5, 5.41) is 9.22. The number of aliphatic hydroxyl groups excluding tert-OH is 1. The van der Waals surface area contributed by atoms with Gasteiger partial charge in [-0.05, 0) is 18.6 Å². The number of carbonyl (C=O) groups is 1. The van der Waals surface area contributed by atoms with E-state index in [1.54, 1.807) is 19.2 Å². The number of carbonyl (C=O) groups excluding carboxylic acids is 1. The van der Waals surface area contributed by atoms with Crippen LogP contribution in [0.15, 0.2) is 12.1 Å². The van der Waals surface area contributed by atoms with Gasteiger partial charge in [-0.3, -0.25) is 0 Å². The van der Waals surface area contributed by atoms with Crippen LogP contribution in [0.4, 0.5) is 0 Å². The number of ether oxygens (including phenoxy) is 3. The largest absolute Gasteiger partial charge is 0.493 e. The average molecular weight is 280 g/mol. The molecule has 1 aromatic rings. The highest BCUT2D eigenvalue weighted by molar-refractivity contribution is 5.93. The number of rotatable bonds is 6. The molecule has 0 spiro atoms. The fourth-order valence-corrected chi connectivity index (χ4v) is 2.22. The van der Waals surface area contributed by atoms with Gasteiger partial charge in [0, 0.05) is 12.0 Å². The zero-order valence-corrected chi connectivity index (χ0v) is 11.8. The third-order valence-corrected chi connectivity index (χ3v) is 3.32. The van der Waals surface area contributed by atoms with Crippen molar-refractivity contribution in [2.75, 3.05) is 20.3 Å². The van der Waals surface area contributed by atoms with Crippen molar-refractivity contribution in [1.29, 1.82) is 0 Å². The molecule has 1 heterocycles. The van der Waals surface area contributed by atoms with Crippen LogP contribution in [0.2, 0.25) is 0 Å². The van der Waals surface area contributed by atoms with Crippen LogP contribution >= 0.6 is 0 Å². The Hall–Kier alpha value is -1.75. The molecule has 1 N–H and O–H groups in total. The van der Waals surface area contributed by atoms with Crippen molar-refractivity contribution in [3.05, 3.63) is 23.3 Å². The van der Waals surface area contributed by atoms with E-state index in [2.05, 4.69) is 6.92 Å². The maximum Gasteiger partial charge on any atom is 0.338 e. The second-order valence-corrected chi connectivity index (χ2v) is 4.74. The van der Waals surface area contributed by atoms with Gasteiger partial charge in [0.1, 0.15) is 6.10 Å². The van der Waals surface area contributed by atoms with E-state index in [-0.39, 0.29) is 6.61 Å². The lowest BCUT2D eigenvalue weighted by Gasteiger charge is -2.26. The van der Waals surface area contributed by atoms with Crippen LogP contribution in [-0.2, 0) is 11.2 Å². The van der Waals surface area contributed by atoms with Crippen molar-refractivity contribution in [1.82, 2.24) is 0 Å². The number of hydrogen-bond donors (Lipinski definition) is 1. The second kappa shape index (κ2) is 6.61. The summed E-state index contributed by atoms with van der Waals surface area (Å²) in [4.78, 5) is 11.9. The monoisotopic (exact) mass is 280 g/mol. The molecule has 1 atom stereocenters. The van der Waals surface area contributed by atoms with Crippen LogP contribution in [0.3, 0.4) is 0 Å². The molecule has 0 radical (unpaired) electrons. The van der Waals surface area contributed by atoms with Gasteiger partial charge in [0.15, 0.2) is 11.5 Å². The second-order valence-electron chi connectivity index (χ2n) is 4.74. The van der Waals surface area contributed by atoms with Crippen LogP contribution in [0, 0.1) is 0 Å². The van der Waals surface area contributed by atoms with E-state index < -0.39 is 12.1 Å². The number of esters is 1. The number of hydrogen-bond acceptors (Lipinski definition) is 5. The maximum atomic E-state index is 11.9. The summed E-state index contributed by atoms with van der Waals surface area (Å²) >= 11 is 0. The SMILES string of the molecule is CCCCOc1c(OC)ccc2c1C[C@@H](CO)OC2=O. The predicted molar refractivity (Wildman–Crippen MR) is 73.4 cm³/mol. The van der Waals surface area contributed by atoms with Crippen molar-refractivity contribution in [3.8, 4) is 11.5 Å². The van der Waals surface area contributed by atoms with E-state index >= 15 is 0 Å². The Balaban J connectivity index is 2.36. The molecule has 0 saturated heterocycles. The van der Waals surface area contributed by atoms with Crippen molar-refractivity contribution in [2.24, 2.45) is 0 Å². The maximum absolute atomic E-state index is 11.9. The van der Waals surface area contributed by atoms with Crippen molar-refractivity contribution in [2.45, 2.75) is 32.3 Å². The zero-order chi connectivity index (χ0) is 14.5.